The Balaban J connectivity index is 1.59. The largest absolute Gasteiger partial charge is 0.335 e. The van der Waals surface area contributed by atoms with E-state index in [2.05, 4.69) is 4.72 Å². The number of anilines is 1. The number of benzene rings is 2. The van der Waals surface area contributed by atoms with Crippen molar-refractivity contribution in [2.75, 3.05) is 44.0 Å². The second-order valence-electron chi connectivity index (χ2n) is 7.23. The molecule has 1 aliphatic heterocycles. The number of hydrogen-bond donors (Lipinski definition) is 1. The molecule has 31 heavy (non-hydrogen) atoms. The molecule has 0 aliphatic carbocycles. The summed E-state index contributed by atoms with van der Waals surface area (Å²) in [5.74, 6) is -0.132. The molecule has 0 aromatic heterocycles. The van der Waals surface area contributed by atoms with Gasteiger partial charge in [0.15, 0.2) is 0 Å². The molecular weight excluding hydrogens is 416 g/mol. The molecule has 3 rings (SSSR count). The Bertz CT molecular complexity index is 998. The van der Waals surface area contributed by atoms with Crippen LogP contribution in [0.1, 0.15) is 24.2 Å². The molecule has 0 bridgehead atoms. The van der Waals surface area contributed by atoms with Crippen molar-refractivity contribution in [3.8, 4) is 0 Å². The van der Waals surface area contributed by atoms with E-state index in [-0.39, 0.29) is 16.8 Å². The van der Waals surface area contributed by atoms with Gasteiger partial charge in [-0.15, -0.1) is 0 Å². The van der Waals surface area contributed by atoms with Crippen molar-refractivity contribution in [2.24, 2.45) is 0 Å². The van der Waals surface area contributed by atoms with Gasteiger partial charge in [0.05, 0.1) is 4.90 Å². The van der Waals surface area contributed by atoms with Crippen LogP contribution in [0.2, 0.25) is 0 Å². The van der Waals surface area contributed by atoms with Crippen LogP contribution in [0.25, 0.3) is 0 Å². The van der Waals surface area contributed by atoms with Gasteiger partial charge in [0.25, 0.3) is 15.9 Å². The first kappa shape index (κ1) is 22.6. The Kier molecular flexibility index (Phi) is 7.17. The van der Waals surface area contributed by atoms with Crippen LogP contribution in [0.5, 0.6) is 0 Å². The van der Waals surface area contributed by atoms with Gasteiger partial charge in [0.1, 0.15) is 0 Å². The lowest BCUT2D eigenvalue weighted by molar-refractivity contribution is 0.0641. The van der Waals surface area contributed by atoms with E-state index < -0.39 is 10.0 Å². The molecule has 1 aliphatic rings. The van der Waals surface area contributed by atoms with Crippen LogP contribution in [-0.2, 0) is 10.0 Å². The molecule has 2 aromatic rings. The minimum Gasteiger partial charge on any atom is -0.335 e. The smallest absolute Gasteiger partial charge is 0.320 e. The van der Waals surface area contributed by atoms with Gasteiger partial charge in [-0.1, -0.05) is 18.2 Å². The number of urea groups is 1. The number of hydrogen-bond acceptors (Lipinski definition) is 4. The first-order valence-electron chi connectivity index (χ1n) is 10.4. The fourth-order valence-electron chi connectivity index (χ4n) is 3.47. The monoisotopic (exact) mass is 444 g/mol. The quantitative estimate of drug-likeness (QED) is 0.742. The summed E-state index contributed by atoms with van der Waals surface area (Å²) in [7, 11) is -3.68. The second kappa shape index (κ2) is 9.82. The van der Waals surface area contributed by atoms with Crippen molar-refractivity contribution in [2.45, 2.75) is 18.7 Å². The van der Waals surface area contributed by atoms with Crippen molar-refractivity contribution >= 4 is 27.6 Å². The highest BCUT2D eigenvalue weighted by molar-refractivity contribution is 7.92. The average molecular weight is 445 g/mol. The maximum absolute atomic E-state index is 12.8. The lowest BCUT2D eigenvalue weighted by Gasteiger charge is -2.37. The highest BCUT2D eigenvalue weighted by Crippen LogP contribution is 2.18. The maximum atomic E-state index is 12.8. The number of carbonyl (C=O) groups excluding carboxylic acids is 2. The Morgan fingerprint density at radius 3 is 1.97 bits per heavy atom. The summed E-state index contributed by atoms with van der Waals surface area (Å²) >= 11 is 0. The highest BCUT2D eigenvalue weighted by Gasteiger charge is 2.26. The van der Waals surface area contributed by atoms with Gasteiger partial charge in [0.2, 0.25) is 0 Å². The van der Waals surface area contributed by atoms with Gasteiger partial charge in [0, 0.05) is 50.5 Å². The van der Waals surface area contributed by atoms with E-state index in [1.54, 1.807) is 57.2 Å². The number of rotatable bonds is 6. The van der Waals surface area contributed by atoms with Crippen LogP contribution >= 0.6 is 0 Å². The van der Waals surface area contributed by atoms with E-state index in [0.29, 0.717) is 50.5 Å². The molecule has 0 radical (unpaired) electrons. The van der Waals surface area contributed by atoms with Crippen LogP contribution < -0.4 is 4.72 Å². The summed E-state index contributed by atoms with van der Waals surface area (Å²) in [6, 6.07) is 14.5. The molecular formula is C22H28N4O4S. The van der Waals surface area contributed by atoms with E-state index in [1.165, 1.54) is 12.1 Å². The molecule has 0 saturated carbocycles. The van der Waals surface area contributed by atoms with Crippen LogP contribution in [0, 0.1) is 0 Å². The van der Waals surface area contributed by atoms with Crippen LogP contribution in [-0.4, -0.2) is 74.3 Å². The third-order valence-electron chi connectivity index (χ3n) is 5.31. The zero-order valence-corrected chi connectivity index (χ0v) is 18.6. The molecule has 2 aromatic carbocycles. The second-order valence-corrected chi connectivity index (χ2v) is 8.91. The lowest BCUT2D eigenvalue weighted by Crippen LogP contribution is -2.54. The average Bonchev–Trinajstić information content (AvgIpc) is 2.80. The highest BCUT2D eigenvalue weighted by atomic mass is 32.2. The molecule has 3 amide bonds. The van der Waals surface area contributed by atoms with E-state index in [9.17, 15) is 18.0 Å². The topological polar surface area (TPSA) is 90.0 Å². The summed E-state index contributed by atoms with van der Waals surface area (Å²) in [4.78, 5) is 30.7. The van der Waals surface area contributed by atoms with Crippen molar-refractivity contribution < 1.29 is 18.0 Å². The van der Waals surface area contributed by atoms with E-state index >= 15 is 0 Å². The number of nitrogens with zero attached hydrogens (tertiary/aromatic N) is 3. The molecule has 1 N–H and O–H groups in total. The van der Waals surface area contributed by atoms with Crippen LogP contribution in [0.4, 0.5) is 10.5 Å². The molecule has 0 spiro atoms. The van der Waals surface area contributed by atoms with Gasteiger partial charge in [-0.05, 0) is 50.2 Å². The minimum atomic E-state index is -3.68. The van der Waals surface area contributed by atoms with Gasteiger partial charge in [-0.3, -0.25) is 9.52 Å². The van der Waals surface area contributed by atoms with Crippen molar-refractivity contribution in [3.63, 3.8) is 0 Å². The van der Waals surface area contributed by atoms with E-state index in [1.807, 2.05) is 13.8 Å². The molecule has 0 atom stereocenters. The number of carbonyl (C=O) groups is 2. The molecule has 0 unspecified atom stereocenters. The zero-order valence-electron chi connectivity index (χ0n) is 17.8. The van der Waals surface area contributed by atoms with Crippen molar-refractivity contribution in [1.29, 1.82) is 0 Å². The third kappa shape index (κ3) is 5.35. The fourth-order valence-corrected chi connectivity index (χ4v) is 4.55. The van der Waals surface area contributed by atoms with Crippen LogP contribution in [0.15, 0.2) is 59.5 Å². The van der Waals surface area contributed by atoms with E-state index in [4.69, 9.17) is 0 Å². The Morgan fingerprint density at radius 2 is 1.42 bits per heavy atom. The third-order valence-corrected chi connectivity index (χ3v) is 6.71. The normalized spacial score (nSPS) is 14.3. The van der Waals surface area contributed by atoms with E-state index in [0.717, 1.165) is 0 Å². The summed E-state index contributed by atoms with van der Waals surface area (Å²) in [5.41, 5.74) is 0.862. The Hall–Kier alpha value is -3.07. The number of nitrogens with one attached hydrogen (secondary N) is 1. The predicted octanol–water partition coefficient (Wildman–Crippen LogP) is 2.71. The molecule has 166 valence electrons. The summed E-state index contributed by atoms with van der Waals surface area (Å²) in [6.45, 7) is 7.15. The SMILES string of the molecule is CCN(CC)C(=O)N1CCN(C(=O)c2ccc(NS(=O)(=O)c3ccccc3)cc2)CC1. The Morgan fingerprint density at radius 1 is 0.871 bits per heavy atom. The van der Waals surface area contributed by atoms with Gasteiger partial charge in [-0.25, -0.2) is 13.2 Å². The van der Waals surface area contributed by atoms with Crippen LogP contribution in [0.3, 0.4) is 0 Å². The minimum absolute atomic E-state index is 0.00662. The summed E-state index contributed by atoms with van der Waals surface area (Å²) < 4.78 is 27.4. The number of piperazine rings is 1. The molecule has 9 heteroatoms. The first-order chi connectivity index (χ1) is 14.9. The summed E-state index contributed by atoms with van der Waals surface area (Å²) in [6.07, 6.45) is 0. The predicted molar refractivity (Wildman–Crippen MR) is 119 cm³/mol. The number of amides is 3. The summed E-state index contributed by atoms with van der Waals surface area (Å²) in [5, 5.41) is 0. The first-order valence-corrected chi connectivity index (χ1v) is 11.8. The molecule has 1 heterocycles. The van der Waals surface area contributed by atoms with Crippen molar-refractivity contribution in [3.05, 3.63) is 60.2 Å². The lowest BCUT2D eigenvalue weighted by atomic mass is 10.1. The number of sulfonamides is 1. The van der Waals surface area contributed by atoms with Gasteiger partial charge in [-0.2, -0.15) is 0 Å². The van der Waals surface area contributed by atoms with Gasteiger partial charge < -0.3 is 14.7 Å². The van der Waals surface area contributed by atoms with Gasteiger partial charge >= 0.3 is 6.03 Å². The fraction of sp³-hybridized carbons (Fsp3) is 0.364. The standard InChI is InChI=1S/C22H28N4O4S/c1-3-24(4-2)22(28)26-16-14-25(15-17-26)21(27)18-10-12-19(13-11-18)23-31(29,30)20-8-6-5-7-9-20/h5-13,23H,3-4,14-17H2,1-2H3. The molecule has 8 nitrogen and oxygen atoms in total. The Labute approximate surface area is 183 Å². The molecule has 1 saturated heterocycles. The zero-order chi connectivity index (χ0) is 22.4. The van der Waals surface area contributed by atoms with Crippen molar-refractivity contribution in [1.82, 2.24) is 14.7 Å². The molecule has 1 fully saturated rings. The maximum Gasteiger partial charge on any atom is 0.320 e.